The molecule has 0 aromatic rings. The Morgan fingerprint density at radius 2 is 1.94 bits per heavy atom. The molecule has 0 N–H and O–H groups in total. The summed E-state index contributed by atoms with van der Waals surface area (Å²) in [5.74, 6) is 0.767. The zero-order valence-electron chi connectivity index (χ0n) is 11.2. The van der Waals surface area contributed by atoms with Crippen LogP contribution in [0.5, 0.6) is 0 Å². The molecule has 1 saturated carbocycles. The topological polar surface area (TPSA) is 47.6 Å². The van der Waals surface area contributed by atoms with Crippen LogP contribution in [0, 0.1) is 45.3 Å². The highest BCUT2D eigenvalue weighted by atomic mass is 14.5. The Bertz CT molecular complexity index is 353. The van der Waals surface area contributed by atoms with Crippen LogP contribution in [0.4, 0.5) is 0 Å². The summed E-state index contributed by atoms with van der Waals surface area (Å²) in [4.78, 5) is 0. The summed E-state index contributed by atoms with van der Waals surface area (Å²) >= 11 is 0. The van der Waals surface area contributed by atoms with Gasteiger partial charge in [-0.25, -0.2) is 0 Å². The van der Waals surface area contributed by atoms with E-state index in [1.165, 1.54) is 6.42 Å². The summed E-state index contributed by atoms with van der Waals surface area (Å²) in [6.45, 7) is 10.4. The van der Waals surface area contributed by atoms with Gasteiger partial charge in [-0.3, -0.25) is 0 Å². The first kappa shape index (κ1) is 13.8. The van der Waals surface area contributed by atoms with E-state index in [0.29, 0.717) is 12.3 Å². The van der Waals surface area contributed by atoms with E-state index in [4.69, 9.17) is 0 Å². The first-order valence-electron chi connectivity index (χ1n) is 6.32. The molecule has 0 aromatic heterocycles. The quantitative estimate of drug-likeness (QED) is 0.686. The molecule has 0 heterocycles. The van der Waals surface area contributed by atoms with Gasteiger partial charge >= 0.3 is 0 Å². The fraction of sp³-hybridized carbons (Fsp3) is 0.733. The summed E-state index contributed by atoms with van der Waals surface area (Å²) in [6.07, 6.45) is 5.32. The normalized spacial score (nSPS) is 27.8. The Labute approximate surface area is 105 Å². The van der Waals surface area contributed by atoms with Crippen molar-refractivity contribution in [2.75, 3.05) is 0 Å². The van der Waals surface area contributed by atoms with E-state index in [-0.39, 0.29) is 11.3 Å². The fourth-order valence-corrected chi connectivity index (χ4v) is 3.41. The van der Waals surface area contributed by atoms with Gasteiger partial charge in [0.25, 0.3) is 0 Å². The van der Waals surface area contributed by atoms with Crippen molar-refractivity contribution in [2.24, 2.45) is 22.7 Å². The molecule has 2 nitrogen and oxygen atoms in total. The third kappa shape index (κ3) is 2.89. The largest absolute Gasteiger partial charge is 0.197 e. The molecule has 0 aliphatic heterocycles. The third-order valence-electron chi connectivity index (χ3n) is 3.95. The minimum absolute atomic E-state index is 0.175. The van der Waals surface area contributed by atoms with E-state index in [9.17, 15) is 10.5 Å². The number of hydrogen-bond donors (Lipinski definition) is 0. The monoisotopic (exact) mass is 230 g/mol. The van der Waals surface area contributed by atoms with Crippen molar-refractivity contribution in [2.45, 2.75) is 46.5 Å². The van der Waals surface area contributed by atoms with Crippen molar-refractivity contribution in [1.29, 1.82) is 10.5 Å². The maximum absolute atomic E-state index is 9.40. The van der Waals surface area contributed by atoms with E-state index in [1.54, 1.807) is 6.08 Å². The van der Waals surface area contributed by atoms with Crippen LogP contribution in [0.3, 0.4) is 0 Å². The van der Waals surface area contributed by atoms with Crippen LogP contribution >= 0.6 is 0 Å². The molecule has 0 spiro atoms. The summed E-state index contributed by atoms with van der Waals surface area (Å²) in [6, 6.07) is 4.52. The Balaban J connectivity index is 3.01. The molecule has 2 heteroatoms. The van der Waals surface area contributed by atoms with E-state index in [1.807, 2.05) is 0 Å². The van der Waals surface area contributed by atoms with Crippen LogP contribution in [0.2, 0.25) is 0 Å². The summed E-state index contributed by atoms with van der Waals surface area (Å²) in [5, 5.41) is 18.8. The first-order valence-corrected chi connectivity index (χ1v) is 6.32. The summed E-state index contributed by atoms with van der Waals surface area (Å²) < 4.78 is 0. The molecular weight excluding hydrogens is 208 g/mol. The second-order valence-electron chi connectivity index (χ2n) is 6.30. The van der Waals surface area contributed by atoms with Gasteiger partial charge in [-0.05, 0) is 42.9 Å². The lowest BCUT2D eigenvalue weighted by Crippen LogP contribution is -2.37. The van der Waals surface area contributed by atoms with Gasteiger partial charge in [0.15, 0.2) is 0 Å². The molecule has 0 aromatic carbocycles. The van der Waals surface area contributed by atoms with E-state index < -0.39 is 5.41 Å². The molecule has 1 aliphatic carbocycles. The summed E-state index contributed by atoms with van der Waals surface area (Å²) in [5.41, 5.74) is -0.629. The standard InChI is InChI=1S/C15H22N2/c1-5-6-15(10-16,11-17)13-7-12(2)8-14(3,4)9-13/h5,12-13H,1,6-9H2,2-4H3/t12-,13-/m0/s1. The molecule has 0 amide bonds. The molecule has 0 saturated heterocycles. The average Bonchev–Trinajstić information content (AvgIpc) is 2.23. The van der Waals surface area contributed by atoms with Gasteiger partial charge in [-0.1, -0.05) is 26.8 Å². The van der Waals surface area contributed by atoms with Gasteiger partial charge in [0.1, 0.15) is 5.41 Å². The highest BCUT2D eigenvalue weighted by molar-refractivity contribution is 5.19. The Kier molecular flexibility index (Phi) is 3.99. The zero-order valence-corrected chi connectivity index (χ0v) is 11.2. The van der Waals surface area contributed by atoms with Gasteiger partial charge < -0.3 is 0 Å². The summed E-state index contributed by atoms with van der Waals surface area (Å²) in [7, 11) is 0. The van der Waals surface area contributed by atoms with Gasteiger partial charge in [0, 0.05) is 0 Å². The van der Waals surface area contributed by atoms with E-state index in [0.717, 1.165) is 12.8 Å². The number of allylic oxidation sites excluding steroid dienone is 1. The van der Waals surface area contributed by atoms with E-state index in [2.05, 4.69) is 39.5 Å². The minimum atomic E-state index is -0.867. The van der Waals surface area contributed by atoms with Crippen molar-refractivity contribution in [3.8, 4) is 12.1 Å². The highest BCUT2D eigenvalue weighted by Crippen LogP contribution is 2.49. The predicted octanol–water partition coefficient (Wildman–Crippen LogP) is 4.06. The average molecular weight is 230 g/mol. The van der Waals surface area contributed by atoms with E-state index >= 15 is 0 Å². The lowest BCUT2D eigenvalue weighted by atomic mass is 9.59. The van der Waals surface area contributed by atoms with Crippen molar-refractivity contribution in [3.05, 3.63) is 12.7 Å². The van der Waals surface area contributed by atoms with Crippen LogP contribution in [-0.2, 0) is 0 Å². The molecule has 0 radical (unpaired) electrons. The molecule has 1 fully saturated rings. The van der Waals surface area contributed by atoms with Crippen LogP contribution in [0.25, 0.3) is 0 Å². The Hall–Kier alpha value is -1.28. The SMILES string of the molecule is C=CCC(C#N)(C#N)[C@H]1C[C@H](C)CC(C)(C)C1. The van der Waals surface area contributed by atoms with Crippen molar-refractivity contribution in [3.63, 3.8) is 0 Å². The fourth-order valence-electron chi connectivity index (χ4n) is 3.41. The highest BCUT2D eigenvalue weighted by Gasteiger charge is 2.44. The van der Waals surface area contributed by atoms with Crippen molar-refractivity contribution >= 4 is 0 Å². The number of hydrogen-bond acceptors (Lipinski definition) is 2. The Morgan fingerprint density at radius 1 is 1.35 bits per heavy atom. The number of nitrogens with zero attached hydrogens (tertiary/aromatic N) is 2. The minimum Gasteiger partial charge on any atom is -0.197 e. The van der Waals surface area contributed by atoms with Crippen LogP contribution < -0.4 is 0 Å². The third-order valence-corrected chi connectivity index (χ3v) is 3.95. The predicted molar refractivity (Wildman–Crippen MR) is 68.8 cm³/mol. The zero-order chi connectivity index (χ0) is 13.1. The van der Waals surface area contributed by atoms with Crippen molar-refractivity contribution < 1.29 is 0 Å². The first-order chi connectivity index (χ1) is 7.89. The molecule has 0 bridgehead atoms. The van der Waals surface area contributed by atoms with Crippen LogP contribution in [0.1, 0.15) is 46.5 Å². The van der Waals surface area contributed by atoms with Gasteiger partial charge in [-0.2, -0.15) is 10.5 Å². The molecule has 17 heavy (non-hydrogen) atoms. The smallest absolute Gasteiger partial charge is 0.150 e. The van der Waals surface area contributed by atoms with Crippen LogP contribution in [-0.4, -0.2) is 0 Å². The molecule has 2 atom stereocenters. The number of rotatable bonds is 3. The Morgan fingerprint density at radius 3 is 2.35 bits per heavy atom. The molecule has 0 unspecified atom stereocenters. The molecule has 92 valence electrons. The second-order valence-corrected chi connectivity index (χ2v) is 6.30. The van der Waals surface area contributed by atoms with Crippen LogP contribution in [0.15, 0.2) is 12.7 Å². The number of nitriles is 2. The maximum Gasteiger partial charge on any atom is 0.150 e. The van der Waals surface area contributed by atoms with Crippen molar-refractivity contribution in [1.82, 2.24) is 0 Å². The maximum atomic E-state index is 9.40. The molecular formula is C15H22N2. The molecule has 1 rings (SSSR count). The van der Waals surface area contributed by atoms with Gasteiger partial charge in [0.05, 0.1) is 12.1 Å². The van der Waals surface area contributed by atoms with Gasteiger partial charge in [-0.15, -0.1) is 6.58 Å². The second kappa shape index (κ2) is 4.92. The molecule has 1 aliphatic rings. The van der Waals surface area contributed by atoms with Gasteiger partial charge in [0.2, 0.25) is 0 Å². The lowest BCUT2D eigenvalue weighted by Gasteiger charge is -2.43. The lowest BCUT2D eigenvalue weighted by molar-refractivity contribution is 0.0883.